The molecule has 4 nitrogen and oxygen atoms in total. The second kappa shape index (κ2) is 7.46. The summed E-state index contributed by atoms with van der Waals surface area (Å²) in [5.41, 5.74) is 2.15. The Bertz CT molecular complexity index is 456. The summed E-state index contributed by atoms with van der Waals surface area (Å²) < 4.78 is 5.80. The lowest BCUT2D eigenvalue weighted by Crippen LogP contribution is -2.36. The topological polar surface area (TPSA) is 50.4 Å². The minimum absolute atomic E-state index is 0.0416. The van der Waals surface area contributed by atoms with Gasteiger partial charge < -0.3 is 15.4 Å². The number of anilines is 1. The monoisotopic (exact) mass is 290 g/mol. The number of carbonyl (C=O) groups is 1. The van der Waals surface area contributed by atoms with E-state index in [1.165, 1.54) is 0 Å². The van der Waals surface area contributed by atoms with Crippen LogP contribution in [0.1, 0.15) is 32.3 Å². The van der Waals surface area contributed by atoms with Gasteiger partial charge in [0.1, 0.15) is 0 Å². The largest absolute Gasteiger partial charge is 0.382 e. The Morgan fingerprint density at radius 1 is 1.33 bits per heavy atom. The maximum atomic E-state index is 11.3. The molecule has 1 heterocycles. The minimum Gasteiger partial charge on any atom is -0.382 e. The molecular formula is C17H26N2O2. The second-order valence-electron chi connectivity index (χ2n) is 6.07. The lowest BCUT2D eigenvalue weighted by molar-refractivity contribution is -0.119. The fraction of sp³-hybridized carbons (Fsp3) is 0.588. The van der Waals surface area contributed by atoms with E-state index in [2.05, 4.69) is 36.6 Å². The van der Waals surface area contributed by atoms with E-state index in [0.29, 0.717) is 24.5 Å². The second-order valence-corrected chi connectivity index (χ2v) is 6.07. The third-order valence-electron chi connectivity index (χ3n) is 4.03. The molecule has 0 bridgehead atoms. The quantitative estimate of drug-likeness (QED) is 0.876. The number of likely N-dealkylation sites (N-methyl/N-ethyl adjacent to an activating group) is 1. The average molecular weight is 290 g/mol. The number of carbonyl (C=O) groups excluding carboxylic acids is 1. The van der Waals surface area contributed by atoms with Crippen LogP contribution in [0.3, 0.4) is 0 Å². The molecule has 21 heavy (non-hydrogen) atoms. The van der Waals surface area contributed by atoms with Crippen LogP contribution in [0.15, 0.2) is 24.3 Å². The molecule has 116 valence electrons. The molecular weight excluding hydrogens is 264 g/mol. The molecule has 1 aliphatic heterocycles. The van der Waals surface area contributed by atoms with Crippen LogP contribution in [-0.2, 0) is 16.0 Å². The first-order valence-corrected chi connectivity index (χ1v) is 7.76. The van der Waals surface area contributed by atoms with Gasteiger partial charge in [0.05, 0.1) is 12.5 Å². The Kier molecular flexibility index (Phi) is 5.62. The molecule has 2 unspecified atom stereocenters. The van der Waals surface area contributed by atoms with Gasteiger partial charge in [0.2, 0.25) is 5.91 Å². The van der Waals surface area contributed by atoms with Crippen LogP contribution in [0.25, 0.3) is 0 Å². The lowest BCUT2D eigenvalue weighted by Gasteiger charge is -2.33. The molecule has 2 atom stereocenters. The normalized spacial score (nSPS) is 22.1. The Hall–Kier alpha value is -1.55. The van der Waals surface area contributed by atoms with Crippen LogP contribution < -0.4 is 10.6 Å². The third-order valence-corrected chi connectivity index (χ3v) is 4.03. The zero-order valence-corrected chi connectivity index (χ0v) is 13.2. The average Bonchev–Trinajstić information content (AvgIpc) is 2.49. The molecule has 2 N–H and O–H groups in total. The van der Waals surface area contributed by atoms with Crippen LogP contribution in [0, 0.1) is 5.92 Å². The number of benzene rings is 1. The first kappa shape index (κ1) is 15.8. The van der Waals surface area contributed by atoms with E-state index in [1.54, 1.807) is 7.05 Å². The van der Waals surface area contributed by atoms with E-state index < -0.39 is 0 Å². The maximum Gasteiger partial charge on any atom is 0.224 e. The highest BCUT2D eigenvalue weighted by molar-refractivity contribution is 5.78. The number of rotatable bonds is 5. The summed E-state index contributed by atoms with van der Waals surface area (Å²) >= 11 is 0. The van der Waals surface area contributed by atoms with E-state index in [-0.39, 0.29) is 5.91 Å². The van der Waals surface area contributed by atoms with Crippen LogP contribution in [0.4, 0.5) is 5.69 Å². The highest BCUT2D eigenvalue weighted by Gasteiger charge is 2.24. The maximum absolute atomic E-state index is 11.3. The van der Waals surface area contributed by atoms with Crippen LogP contribution >= 0.6 is 0 Å². The van der Waals surface area contributed by atoms with Gasteiger partial charge in [-0.15, -0.1) is 0 Å². The van der Waals surface area contributed by atoms with Gasteiger partial charge in [-0.3, -0.25) is 4.79 Å². The van der Waals surface area contributed by atoms with Gasteiger partial charge in [-0.1, -0.05) is 26.0 Å². The SMILES string of the molecule is CNC(=O)Cc1ccc(NC2CCOC(C(C)C)C2)cc1. The van der Waals surface area contributed by atoms with Gasteiger partial charge in [-0.05, 0) is 36.5 Å². The number of nitrogens with one attached hydrogen (secondary N) is 2. The van der Waals surface area contributed by atoms with Crippen molar-refractivity contribution in [2.45, 2.75) is 45.3 Å². The Morgan fingerprint density at radius 2 is 2.05 bits per heavy atom. The summed E-state index contributed by atoms with van der Waals surface area (Å²) in [6.45, 7) is 5.25. The zero-order valence-electron chi connectivity index (χ0n) is 13.2. The van der Waals surface area contributed by atoms with Crippen molar-refractivity contribution >= 4 is 11.6 Å². The fourth-order valence-electron chi connectivity index (χ4n) is 2.65. The number of amides is 1. The molecule has 1 aromatic rings. The first-order chi connectivity index (χ1) is 10.1. The molecule has 1 aromatic carbocycles. The van der Waals surface area contributed by atoms with Crippen molar-refractivity contribution < 1.29 is 9.53 Å². The molecule has 0 aromatic heterocycles. The molecule has 1 saturated heterocycles. The van der Waals surface area contributed by atoms with Gasteiger partial charge in [0.15, 0.2) is 0 Å². The highest BCUT2D eigenvalue weighted by Crippen LogP contribution is 2.23. The lowest BCUT2D eigenvalue weighted by atomic mass is 9.95. The number of hydrogen-bond donors (Lipinski definition) is 2. The van der Waals surface area contributed by atoms with Crippen molar-refractivity contribution in [3.05, 3.63) is 29.8 Å². The molecule has 1 fully saturated rings. The molecule has 4 heteroatoms. The van der Waals surface area contributed by atoms with E-state index in [0.717, 1.165) is 30.7 Å². The van der Waals surface area contributed by atoms with Crippen molar-refractivity contribution in [1.82, 2.24) is 5.32 Å². The van der Waals surface area contributed by atoms with Crippen molar-refractivity contribution in [2.24, 2.45) is 5.92 Å². The predicted octanol–water partition coefficient (Wildman–Crippen LogP) is 2.59. The zero-order chi connectivity index (χ0) is 15.2. The van der Waals surface area contributed by atoms with Crippen molar-refractivity contribution in [1.29, 1.82) is 0 Å². The summed E-state index contributed by atoms with van der Waals surface area (Å²) in [7, 11) is 1.66. The first-order valence-electron chi connectivity index (χ1n) is 7.76. The summed E-state index contributed by atoms with van der Waals surface area (Å²) in [5.74, 6) is 0.601. The molecule has 0 aliphatic carbocycles. The van der Waals surface area contributed by atoms with E-state index in [4.69, 9.17) is 4.74 Å². The summed E-state index contributed by atoms with van der Waals surface area (Å²) in [6.07, 6.45) is 2.88. The minimum atomic E-state index is 0.0416. The summed E-state index contributed by atoms with van der Waals surface area (Å²) in [6, 6.07) is 8.60. The van der Waals surface area contributed by atoms with E-state index in [1.807, 2.05) is 12.1 Å². The van der Waals surface area contributed by atoms with Crippen molar-refractivity contribution in [3.63, 3.8) is 0 Å². The van der Waals surface area contributed by atoms with Crippen LogP contribution in [0.2, 0.25) is 0 Å². The number of hydrogen-bond acceptors (Lipinski definition) is 3. The van der Waals surface area contributed by atoms with Crippen LogP contribution in [-0.4, -0.2) is 31.7 Å². The standard InChI is InChI=1S/C17H26N2O2/c1-12(2)16-11-15(8-9-21-16)19-14-6-4-13(5-7-14)10-17(20)18-3/h4-7,12,15-16,19H,8-11H2,1-3H3,(H,18,20). The van der Waals surface area contributed by atoms with Gasteiger partial charge in [-0.2, -0.15) is 0 Å². The predicted molar refractivity (Wildman–Crippen MR) is 85.4 cm³/mol. The van der Waals surface area contributed by atoms with Crippen LogP contribution in [0.5, 0.6) is 0 Å². The van der Waals surface area contributed by atoms with Crippen molar-refractivity contribution in [3.8, 4) is 0 Å². The summed E-state index contributed by atoms with van der Waals surface area (Å²) in [5, 5.41) is 6.22. The molecule has 1 aliphatic rings. The molecule has 0 saturated carbocycles. The Morgan fingerprint density at radius 3 is 2.67 bits per heavy atom. The molecule has 2 rings (SSSR count). The molecule has 1 amide bonds. The van der Waals surface area contributed by atoms with Gasteiger partial charge in [0, 0.05) is 25.4 Å². The Labute approximate surface area is 127 Å². The molecule has 0 spiro atoms. The smallest absolute Gasteiger partial charge is 0.224 e. The third kappa shape index (κ3) is 4.74. The summed E-state index contributed by atoms with van der Waals surface area (Å²) in [4.78, 5) is 11.3. The molecule has 0 radical (unpaired) electrons. The van der Waals surface area contributed by atoms with E-state index in [9.17, 15) is 4.79 Å². The Balaban J connectivity index is 1.89. The number of ether oxygens (including phenoxy) is 1. The highest BCUT2D eigenvalue weighted by atomic mass is 16.5. The van der Waals surface area contributed by atoms with Gasteiger partial charge in [0.25, 0.3) is 0 Å². The van der Waals surface area contributed by atoms with Gasteiger partial charge in [-0.25, -0.2) is 0 Å². The van der Waals surface area contributed by atoms with Crippen molar-refractivity contribution in [2.75, 3.05) is 19.0 Å². The fourth-order valence-corrected chi connectivity index (χ4v) is 2.65. The van der Waals surface area contributed by atoms with E-state index >= 15 is 0 Å². The van der Waals surface area contributed by atoms with Gasteiger partial charge >= 0.3 is 0 Å².